The Kier molecular flexibility index (Phi) is 6.45. The highest BCUT2D eigenvalue weighted by molar-refractivity contribution is 6.29. The average Bonchev–Trinajstić information content (AvgIpc) is 2.38. The summed E-state index contributed by atoms with van der Waals surface area (Å²) in [5.74, 6) is -1.41. The van der Waals surface area contributed by atoms with Gasteiger partial charge in [0.05, 0.1) is 5.92 Å². The van der Waals surface area contributed by atoms with E-state index in [0.717, 1.165) is 12.8 Å². The number of hydrogen-bond donors (Lipinski definition) is 2. The number of carboxylic acids is 1. The molecular weight excluding hydrogens is 280 g/mol. The summed E-state index contributed by atoms with van der Waals surface area (Å²) < 4.78 is 0. The number of carbonyl (C=O) groups is 2. The van der Waals surface area contributed by atoms with Gasteiger partial charge in [0.25, 0.3) is 5.91 Å². The largest absolute Gasteiger partial charge is 0.481 e. The first-order chi connectivity index (χ1) is 9.40. The highest BCUT2D eigenvalue weighted by atomic mass is 35.5. The van der Waals surface area contributed by atoms with Gasteiger partial charge >= 0.3 is 5.97 Å². The molecule has 5 nitrogen and oxygen atoms in total. The Morgan fingerprint density at radius 1 is 1.35 bits per heavy atom. The molecule has 1 rings (SSSR count). The molecule has 110 valence electrons. The van der Waals surface area contributed by atoms with Crippen molar-refractivity contribution in [2.45, 2.75) is 39.2 Å². The van der Waals surface area contributed by atoms with Gasteiger partial charge in [0.1, 0.15) is 10.8 Å². The van der Waals surface area contributed by atoms with Crippen molar-refractivity contribution in [3.05, 3.63) is 29.0 Å². The average molecular weight is 299 g/mol. The topological polar surface area (TPSA) is 79.3 Å². The van der Waals surface area contributed by atoms with E-state index in [1.807, 2.05) is 6.92 Å². The second-order valence-electron chi connectivity index (χ2n) is 4.89. The second kappa shape index (κ2) is 7.85. The van der Waals surface area contributed by atoms with Gasteiger partial charge in [-0.2, -0.15) is 0 Å². The summed E-state index contributed by atoms with van der Waals surface area (Å²) in [4.78, 5) is 26.5. The normalized spacial score (nSPS) is 13.6. The molecule has 0 aliphatic rings. The van der Waals surface area contributed by atoms with Crippen LogP contribution < -0.4 is 5.32 Å². The van der Waals surface area contributed by atoms with Crippen LogP contribution in [-0.4, -0.2) is 28.0 Å². The summed E-state index contributed by atoms with van der Waals surface area (Å²) >= 11 is 5.73. The standard InChI is InChI=1S/C14H19ClN2O3/c1-9(14(19)20)5-3-6-10(2)16-13(18)11-7-4-8-12(15)17-11/h4,7-10H,3,5-6H2,1-2H3,(H,16,18)(H,19,20). The van der Waals surface area contributed by atoms with Crippen LogP contribution in [0.15, 0.2) is 18.2 Å². The number of nitrogens with zero attached hydrogens (tertiary/aromatic N) is 1. The van der Waals surface area contributed by atoms with Gasteiger partial charge in [-0.25, -0.2) is 4.98 Å². The van der Waals surface area contributed by atoms with Crippen molar-refractivity contribution < 1.29 is 14.7 Å². The zero-order valence-electron chi connectivity index (χ0n) is 11.6. The maximum Gasteiger partial charge on any atom is 0.306 e. The molecule has 1 aromatic heterocycles. The number of aromatic nitrogens is 1. The minimum absolute atomic E-state index is 0.0377. The van der Waals surface area contributed by atoms with Gasteiger partial charge in [-0.1, -0.05) is 31.0 Å². The van der Waals surface area contributed by atoms with Crippen LogP contribution in [-0.2, 0) is 4.79 Å². The number of halogens is 1. The van der Waals surface area contributed by atoms with E-state index in [2.05, 4.69) is 10.3 Å². The summed E-state index contributed by atoms with van der Waals surface area (Å²) in [5, 5.41) is 11.9. The molecule has 0 spiro atoms. The molecule has 0 aromatic carbocycles. The van der Waals surface area contributed by atoms with E-state index >= 15 is 0 Å². The highest BCUT2D eigenvalue weighted by Crippen LogP contribution is 2.10. The van der Waals surface area contributed by atoms with Crippen LogP contribution in [0, 0.1) is 5.92 Å². The number of rotatable bonds is 7. The van der Waals surface area contributed by atoms with Gasteiger partial charge in [-0.15, -0.1) is 0 Å². The first-order valence-electron chi connectivity index (χ1n) is 6.56. The van der Waals surface area contributed by atoms with Crippen molar-refractivity contribution in [2.75, 3.05) is 0 Å². The van der Waals surface area contributed by atoms with E-state index in [9.17, 15) is 9.59 Å². The van der Waals surface area contributed by atoms with Crippen LogP contribution in [0.1, 0.15) is 43.6 Å². The van der Waals surface area contributed by atoms with Gasteiger partial charge < -0.3 is 10.4 Å². The number of carboxylic acid groups (broad SMARTS) is 1. The Bertz CT molecular complexity index is 479. The lowest BCUT2D eigenvalue weighted by Crippen LogP contribution is -2.33. The Morgan fingerprint density at radius 2 is 2.05 bits per heavy atom. The Balaban J connectivity index is 2.37. The zero-order valence-corrected chi connectivity index (χ0v) is 12.4. The Morgan fingerprint density at radius 3 is 2.65 bits per heavy atom. The molecule has 0 aliphatic carbocycles. The number of carbonyl (C=O) groups excluding carboxylic acids is 1. The van der Waals surface area contributed by atoms with Crippen LogP contribution >= 0.6 is 11.6 Å². The molecule has 1 amide bonds. The molecule has 0 saturated heterocycles. The predicted molar refractivity (Wildman–Crippen MR) is 76.8 cm³/mol. The predicted octanol–water partition coefficient (Wildman–Crippen LogP) is 2.74. The minimum atomic E-state index is -0.787. The highest BCUT2D eigenvalue weighted by Gasteiger charge is 2.13. The van der Waals surface area contributed by atoms with E-state index in [1.165, 1.54) is 0 Å². The number of hydrogen-bond acceptors (Lipinski definition) is 3. The molecule has 0 bridgehead atoms. The third-order valence-corrected chi connectivity index (χ3v) is 3.23. The van der Waals surface area contributed by atoms with E-state index in [0.29, 0.717) is 6.42 Å². The Labute approximate surface area is 123 Å². The van der Waals surface area contributed by atoms with Crippen molar-refractivity contribution in [1.29, 1.82) is 0 Å². The van der Waals surface area contributed by atoms with Gasteiger partial charge in [0.2, 0.25) is 0 Å². The number of nitrogens with one attached hydrogen (secondary N) is 1. The van der Waals surface area contributed by atoms with E-state index in [-0.39, 0.29) is 28.7 Å². The summed E-state index contributed by atoms with van der Waals surface area (Å²) in [5.41, 5.74) is 0.281. The molecule has 1 aromatic rings. The minimum Gasteiger partial charge on any atom is -0.481 e. The molecule has 0 saturated carbocycles. The van der Waals surface area contributed by atoms with Gasteiger partial charge in [0, 0.05) is 6.04 Å². The molecular formula is C14H19ClN2O3. The maximum absolute atomic E-state index is 11.9. The summed E-state index contributed by atoms with van der Waals surface area (Å²) in [7, 11) is 0. The summed E-state index contributed by atoms with van der Waals surface area (Å²) in [6.45, 7) is 3.56. The van der Waals surface area contributed by atoms with Gasteiger partial charge in [-0.3, -0.25) is 9.59 Å². The number of aliphatic carboxylic acids is 1. The smallest absolute Gasteiger partial charge is 0.306 e. The van der Waals surface area contributed by atoms with E-state index in [4.69, 9.17) is 16.7 Å². The lowest BCUT2D eigenvalue weighted by molar-refractivity contribution is -0.141. The quantitative estimate of drug-likeness (QED) is 0.759. The summed E-state index contributed by atoms with van der Waals surface area (Å²) in [6, 6.07) is 4.84. The third kappa shape index (κ3) is 5.57. The molecule has 1 heterocycles. The number of amides is 1. The lowest BCUT2D eigenvalue weighted by atomic mass is 10.0. The van der Waals surface area contributed by atoms with Crippen LogP contribution in [0.5, 0.6) is 0 Å². The van der Waals surface area contributed by atoms with E-state index < -0.39 is 5.97 Å². The van der Waals surface area contributed by atoms with Gasteiger partial charge in [0.15, 0.2) is 0 Å². The Hall–Kier alpha value is -1.62. The maximum atomic E-state index is 11.9. The van der Waals surface area contributed by atoms with Crippen molar-refractivity contribution in [3.8, 4) is 0 Å². The molecule has 2 unspecified atom stereocenters. The zero-order chi connectivity index (χ0) is 15.1. The number of pyridine rings is 1. The van der Waals surface area contributed by atoms with Crippen molar-refractivity contribution in [1.82, 2.24) is 10.3 Å². The van der Waals surface area contributed by atoms with Crippen molar-refractivity contribution >= 4 is 23.5 Å². The van der Waals surface area contributed by atoms with E-state index in [1.54, 1.807) is 25.1 Å². The van der Waals surface area contributed by atoms with Crippen LogP contribution in [0.3, 0.4) is 0 Å². The fraction of sp³-hybridized carbons (Fsp3) is 0.500. The molecule has 2 atom stereocenters. The van der Waals surface area contributed by atoms with Crippen LogP contribution in [0.2, 0.25) is 5.15 Å². The first kappa shape index (κ1) is 16.4. The monoisotopic (exact) mass is 298 g/mol. The van der Waals surface area contributed by atoms with Gasteiger partial charge in [-0.05, 0) is 31.9 Å². The molecule has 0 fully saturated rings. The van der Waals surface area contributed by atoms with Crippen molar-refractivity contribution in [3.63, 3.8) is 0 Å². The second-order valence-corrected chi connectivity index (χ2v) is 5.28. The lowest BCUT2D eigenvalue weighted by Gasteiger charge is -2.14. The molecule has 20 heavy (non-hydrogen) atoms. The van der Waals surface area contributed by atoms with Crippen molar-refractivity contribution in [2.24, 2.45) is 5.92 Å². The summed E-state index contributed by atoms with van der Waals surface area (Å²) in [6.07, 6.45) is 2.08. The molecule has 0 radical (unpaired) electrons. The first-order valence-corrected chi connectivity index (χ1v) is 6.94. The van der Waals surface area contributed by atoms with Crippen LogP contribution in [0.25, 0.3) is 0 Å². The van der Waals surface area contributed by atoms with Crippen LogP contribution in [0.4, 0.5) is 0 Å². The third-order valence-electron chi connectivity index (χ3n) is 3.02. The molecule has 2 N–H and O–H groups in total. The molecule has 0 aliphatic heterocycles. The fourth-order valence-electron chi connectivity index (χ4n) is 1.76. The molecule has 6 heteroatoms. The SMILES string of the molecule is CC(CCCC(C)C(=O)O)NC(=O)c1cccc(Cl)n1. The fourth-order valence-corrected chi connectivity index (χ4v) is 1.92.